The topological polar surface area (TPSA) is 37.4 Å². The fourth-order valence-electron chi connectivity index (χ4n) is 3.46. The minimum Gasteiger partial charge on any atom is -0.307 e. The monoisotopic (exact) mass is 413 g/mol. The number of halogens is 2. The number of hydrogen-bond donors (Lipinski definition) is 0. The molecular weight excluding hydrogens is 393 g/mol. The van der Waals surface area contributed by atoms with Crippen molar-refractivity contribution in [2.24, 2.45) is 0 Å². The highest BCUT2D eigenvalue weighted by Crippen LogP contribution is 2.35. The number of para-hydroxylation sites is 1. The van der Waals surface area contributed by atoms with E-state index < -0.39 is 0 Å². The second kappa shape index (κ2) is 8.76. The number of amides is 1. The Morgan fingerprint density at radius 2 is 1.71 bits per heavy atom. The van der Waals surface area contributed by atoms with Crippen molar-refractivity contribution in [3.8, 4) is 0 Å². The van der Waals surface area contributed by atoms with E-state index in [4.69, 9.17) is 23.2 Å². The number of benzene rings is 2. The first-order valence-electron chi connectivity index (χ1n) is 9.13. The fourth-order valence-corrected chi connectivity index (χ4v) is 3.83. The third-order valence-corrected chi connectivity index (χ3v) is 5.35. The second-order valence-electron chi connectivity index (χ2n) is 6.80. The van der Waals surface area contributed by atoms with Gasteiger partial charge in [0.2, 0.25) is 0 Å². The molecular formula is C23H21Cl2NO2. The Morgan fingerprint density at radius 3 is 2.36 bits per heavy atom. The number of carbonyl (C=O) groups is 2. The van der Waals surface area contributed by atoms with Gasteiger partial charge in [-0.2, -0.15) is 0 Å². The summed E-state index contributed by atoms with van der Waals surface area (Å²) in [6.07, 6.45) is 2.96. The molecule has 1 aliphatic rings. The molecule has 0 aliphatic carbocycles. The summed E-state index contributed by atoms with van der Waals surface area (Å²) >= 11 is 12.4. The number of hydrogen-bond acceptors (Lipinski definition) is 2. The quantitative estimate of drug-likeness (QED) is 0.569. The molecule has 2 aromatic rings. The fraction of sp³-hybridized carbons (Fsp3) is 0.217. The summed E-state index contributed by atoms with van der Waals surface area (Å²) in [6.45, 7) is 3.94. The number of ketones is 1. The average molecular weight is 414 g/mol. The van der Waals surface area contributed by atoms with E-state index in [1.807, 2.05) is 37.3 Å². The minimum atomic E-state index is -0.148. The Morgan fingerprint density at radius 1 is 1.04 bits per heavy atom. The van der Waals surface area contributed by atoms with Gasteiger partial charge < -0.3 is 4.90 Å². The summed E-state index contributed by atoms with van der Waals surface area (Å²) < 4.78 is 0. The molecule has 1 fully saturated rings. The van der Waals surface area contributed by atoms with Crippen molar-refractivity contribution < 1.29 is 9.59 Å². The second-order valence-corrected chi connectivity index (χ2v) is 7.64. The van der Waals surface area contributed by atoms with Gasteiger partial charge in [-0.3, -0.25) is 9.59 Å². The van der Waals surface area contributed by atoms with Gasteiger partial charge in [0.25, 0.3) is 5.91 Å². The van der Waals surface area contributed by atoms with Crippen LogP contribution in [0.25, 0.3) is 5.57 Å². The van der Waals surface area contributed by atoms with Crippen LogP contribution in [0, 0.1) is 0 Å². The van der Waals surface area contributed by atoms with E-state index in [9.17, 15) is 9.59 Å². The molecule has 2 aromatic carbocycles. The molecule has 3 nitrogen and oxygen atoms in total. The normalized spacial score (nSPS) is 18.2. The van der Waals surface area contributed by atoms with Crippen LogP contribution in [0.15, 0.2) is 65.8 Å². The van der Waals surface area contributed by atoms with Crippen LogP contribution in [0.1, 0.15) is 32.3 Å². The Bertz CT molecular complexity index is 974. The zero-order valence-corrected chi connectivity index (χ0v) is 17.3. The van der Waals surface area contributed by atoms with Gasteiger partial charge in [0, 0.05) is 17.1 Å². The van der Waals surface area contributed by atoms with Gasteiger partial charge in [-0.15, -0.1) is 0 Å². The first-order chi connectivity index (χ1) is 13.4. The van der Waals surface area contributed by atoms with Crippen LogP contribution in [-0.4, -0.2) is 18.2 Å². The summed E-state index contributed by atoms with van der Waals surface area (Å²) in [4.78, 5) is 27.1. The summed E-state index contributed by atoms with van der Waals surface area (Å²) in [5, 5.41) is 1.16. The molecule has 0 bridgehead atoms. The van der Waals surface area contributed by atoms with Gasteiger partial charge in [-0.05, 0) is 73.7 Å². The zero-order chi connectivity index (χ0) is 20.3. The predicted molar refractivity (Wildman–Crippen MR) is 116 cm³/mol. The first kappa shape index (κ1) is 20.4. The Labute approximate surface area is 175 Å². The lowest BCUT2D eigenvalue weighted by atomic mass is 9.92. The third kappa shape index (κ3) is 4.37. The summed E-state index contributed by atoms with van der Waals surface area (Å²) in [5.41, 5.74) is 3.70. The molecule has 1 saturated heterocycles. The van der Waals surface area contributed by atoms with Crippen LogP contribution < -0.4 is 4.90 Å². The Balaban J connectivity index is 2.18. The van der Waals surface area contributed by atoms with E-state index in [-0.39, 0.29) is 11.7 Å². The summed E-state index contributed by atoms with van der Waals surface area (Å²) in [6, 6.07) is 14.7. The molecule has 1 amide bonds. The van der Waals surface area contributed by atoms with Crippen LogP contribution in [0.3, 0.4) is 0 Å². The molecule has 0 unspecified atom stereocenters. The number of rotatable bonds is 3. The van der Waals surface area contributed by atoms with Crippen molar-refractivity contribution in [2.45, 2.75) is 26.7 Å². The van der Waals surface area contributed by atoms with Crippen molar-refractivity contribution in [3.05, 3.63) is 81.4 Å². The van der Waals surface area contributed by atoms with E-state index in [2.05, 4.69) is 0 Å². The highest BCUT2D eigenvalue weighted by Gasteiger charge is 2.29. The van der Waals surface area contributed by atoms with E-state index in [1.54, 1.807) is 29.2 Å². The van der Waals surface area contributed by atoms with Crippen LogP contribution >= 0.6 is 23.2 Å². The van der Waals surface area contributed by atoms with Gasteiger partial charge in [0.05, 0.1) is 10.7 Å². The zero-order valence-electron chi connectivity index (χ0n) is 15.8. The molecule has 1 heterocycles. The lowest BCUT2D eigenvalue weighted by molar-refractivity contribution is -0.114. The Kier molecular flexibility index (Phi) is 6.38. The highest BCUT2D eigenvalue weighted by atomic mass is 35.5. The lowest BCUT2D eigenvalue weighted by Gasteiger charge is -2.23. The molecule has 144 valence electrons. The summed E-state index contributed by atoms with van der Waals surface area (Å²) in [7, 11) is 0. The molecule has 0 saturated carbocycles. The maximum atomic E-state index is 13.6. The van der Waals surface area contributed by atoms with Crippen LogP contribution in [0.4, 0.5) is 5.69 Å². The number of nitrogens with zero attached hydrogens (tertiary/aromatic N) is 1. The van der Waals surface area contributed by atoms with E-state index in [1.165, 1.54) is 6.92 Å². The average Bonchev–Trinajstić information content (AvgIpc) is 2.80. The molecule has 28 heavy (non-hydrogen) atoms. The number of allylic oxidation sites excluding steroid dienone is 2. The van der Waals surface area contributed by atoms with Gasteiger partial charge in [-0.25, -0.2) is 0 Å². The molecule has 0 radical (unpaired) electrons. The van der Waals surface area contributed by atoms with Gasteiger partial charge in [0.15, 0.2) is 5.78 Å². The van der Waals surface area contributed by atoms with Crippen molar-refractivity contribution in [1.82, 2.24) is 0 Å². The molecule has 0 atom stereocenters. The molecule has 0 spiro atoms. The van der Waals surface area contributed by atoms with Crippen molar-refractivity contribution in [3.63, 3.8) is 0 Å². The highest BCUT2D eigenvalue weighted by molar-refractivity contribution is 6.34. The van der Waals surface area contributed by atoms with Crippen molar-refractivity contribution >= 4 is 46.2 Å². The lowest BCUT2D eigenvalue weighted by Crippen LogP contribution is -2.32. The predicted octanol–water partition coefficient (Wildman–Crippen LogP) is 6.11. The maximum absolute atomic E-state index is 13.6. The van der Waals surface area contributed by atoms with Crippen molar-refractivity contribution in [2.75, 3.05) is 11.4 Å². The third-order valence-electron chi connectivity index (χ3n) is 4.78. The van der Waals surface area contributed by atoms with E-state index in [0.717, 1.165) is 23.1 Å². The van der Waals surface area contributed by atoms with Crippen LogP contribution in [0.2, 0.25) is 10.0 Å². The van der Waals surface area contributed by atoms with Gasteiger partial charge >= 0.3 is 0 Å². The maximum Gasteiger partial charge on any atom is 0.258 e. The summed E-state index contributed by atoms with van der Waals surface area (Å²) in [5.74, 6) is -0.221. The van der Waals surface area contributed by atoms with Crippen LogP contribution in [0.5, 0.6) is 0 Å². The van der Waals surface area contributed by atoms with E-state index >= 15 is 0 Å². The van der Waals surface area contributed by atoms with Crippen LogP contribution in [-0.2, 0) is 9.59 Å². The molecule has 0 aromatic heterocycles. The smallest absolute Gasteiger partial charge is 0.258 e. The van der Waals surface area contributed by atoms with Gasteiger partial charge in [0.1, 0.15) is 0 Å². The molecule has 3 rings (SSSR count). The number of carbonyl (C=O) groups excluding carboxylic acids is 2. The van der Waals surface area contributed by atoms with E-state index in [0.29, 0.717) is 34.3 Å². The minimum absolute atomic E-state index is 0.0737. The number of anilines is 1. The molecule has 1 aliphatic heterocycles. The standard InChI is InChI=1S/C23H21Cl2NO2/c1-15(27)14-18-6-5-13-26(21-8-4-3-7-20(21)25)23(28)22(18)16(2)17-9-11-19(24)12-10-17/h3-4,7-12,14H,5-6,13H2,1-2H3/b18-14-,22-16-. The van der Waals surface area contributed by atoms with Crippen molar-refractivity contribution in [1.29, 1.82) is 0 Å². The molecule has 0 N–H and O–H groups in total. The SMILES string of the molecule is CC(=O)/C=C1/CCCN(c2ccccc2Cl)C(=O)/C1=C(/C)c1ccc(Cl)cc1. The Hall–Kier alpha value is -2.36. The molecule has 5 heteroatoms. The largest absolute Gasteiger partial charge is 0.307 e. The van der Waals surface area contributed by atoms with Gasteiger partial charge in [-0.1, -0.05) is 47.5 Å². The first-order valence-corrected chi connectivity index (χ1v) is 9.89.